The predicted molar refractivity (Wildman–Crippen MR) is 84.1 cm³/mol. The molecule has 2 aromatic rings. The summed E-state index contributed by atoms with van der Waals surface area (Å²) in [5.41, 5.74) is 0.681. The SMILES string of the molecule is CCCc1n[nH]c(=S)n1/N=C\c1cc(Cl)c(O)c(OC)c1. The van der Waals surface area contributed by atoms with Crippen molar-refractivity contribution in [3.05, 3.63) is 33.3 Å². The Morgan fingerprint density at radius 3 is 3.00 bits per heavy atom. The van der Waals surface area contributed by atoms with Gasteiger partial charge in [-0.3, -0.25) is 5.10 Å². The molecule has 8 heteroatoms. The van der Waals surface area contributed by atoms with Crippen molar-refractivity contribution in [2.75, 3.05) is 7.11 Å². The van der Waals surface area contributed by atoms with E-state index >= 15 is 0 Å². The molecule has 2 N–H and O–H groups in total. The number of H-pyrrole nitrogens is 1. The first-order valence-electron chi connectivity index (χ1n) is 6.34. The minimum Gasteiger partial charge on any atom is -0.503 e. The molecule has 0 bridgehead atoms. The number of hydrogen-bond acceptors (Lipinski definition) is 5. The third kappa shape index (κ3) is 3.43. The zero-order chi connectivity index (χ0) is 15.4. The third-order valence-electron chi connectivity index (χ3n) is 2.78. The minimum absolute atomic E-state index is 0.0945. The maximum absolute atomic E-state index is 9.69. The number of nitrogens with zero attached hydrogens (tertiary/aromatic N) is 3. The second-order valence-corrected chi connectivity index (χ2v) is 5.10. The molecule has 2 rings (SSSR count). The first-order valence-corrected chi connectivity index (χ1v) is 7.12. The summed E-state index contributed by atoms with van der Waals surface area (Å²) in [7, 11) is 1.46. The summed E-state index contributed by atoms with van der Waals surface area (Å²) >= 11 is 11.1. The molecule has 0 radical (unpaired) electrons. The molecule has 0 saturated carbocycles. The number of ether oxygens (including phenoxy) is 1. The van der Waals surface area contributed by atoms with Gasteiger partial charge in [-0.15, -0.1) is 0 Å². The molecule has 0 aliphatic rings. The number of aromatic hydroxyl groups is 1. The van der Waals surface area contributed by atoms with E-state index in [1.165, 1.54) is 7.11 Å². The molecule has 0 unspecified atom stereocenters. The zero-order valence-electron chi connectivity index (χ0n) is 11.6. The van der Waals surface area contributed by atoms with Gasteiger partial charge in [0.1, 0.15) is 0 Å². The molecule has 21 heavy (non-hydrogen) atoms. The lowest BCUT2D eigenvalue weighted by molar-refractivity contribution is 0.373. The summed E-state index contributed by atoms with van der Waals surface area (Å²) < 4.78 is 7.03. The Bertz CT molecular complexity index is 723. The third-order valence-corrected chi connectivity index (χ3v) is 3.34. The van der Waals surface area contributed by atoms with Crippen LogP contribution in [-0.2, 0) is 6.42 Å². The van der Waals surface area contributed by atoms with Gasteiger partial charge in [0.25, 0.3) is 0 Å². The van der Waals surface area contributed by atoms with E-state index in [9.17, 15) is 5.11 Å². The van der Waals surface area contributed by atoms with Crippen LogP contribution < -0.4 is 4.74 Å². The number of aromatic nitrogens is 3. The number of rotatable bonds is 5. The summed E-state index contributed by atoms with van der Waals surface area (Å²) in [6, 6.07) is 3.22. The molecule has 6 nitrogen and oxygen atoms in total. The quantitative estimate of drug-likeness (QED) is 0.653. The Morgan fingerprint density at radius 2 is 2.33 bits per heavy atom. The van der Waals surface area contributed by atoms with Crippen LogP contribution in [0.4, 0.5) is 0 Å². The molecule has 0 fully saturated rings. The number of aromatic amines is 1. The molecule has 0 atom stereocenters. The van der Waals surface area contributed by atoms with Gasteiger partial charge in [-0.25, -0.2) is 0 Å². The van der Waals surface area contributed by atoms with Gasteiger partial charge in [-0.1, -0.05) is 18.5 Å². The van der Waals surface area contributed by atoms with Crippen LogP contribution in [-0.4, -0.2) is 33.3 Å². The molecule has 1 heterocycles. The van der Waals surface area contributed by atoms with E-state index < -0.39 is 0 Å². The smallest absolute Gasteiger partial charge is 0.216 e. The first kappa shape index (κ1) is 15.5. The number of phenols is 1. The van der Waals surface area contributed by atoms with Crippen LogP contribution in [0.2, 0.25) is 5.02 Å². The van der Waals surface area contributed by atoms with Gasteiger partial charge in [0.2, 0.25) is 4.77 Å². The molecule has 0 saturated heterocycles. The van der Waals surface area contributed by atoms with E-state index in [1.807, 2.05) is 0 Å². The summed E-state index contributed by atoms with van der Waals surface area (Å²) in [5.74, 6) is 0.951. The normalized spacial score (nSPS) is 11.2. The van der Waals surface area contributed by atoms with Crippen molar-refractivity contribution >= 4 is 30.0 Å². The van der Waals surface area contributed by atoms with Crippen molar-refractivity contribution < 1.29 is 9.84 Å². The Morgan fingerprint density at radius 1 is 1.57 bits per heavy atom. The molecule has 0 spiro atoms. The molecule has 0 aliphatic carbocycles. The molecular weight excluding hydrogens is 312 g/mol. The lowest BCUT2D eigenvalue weighted by Gasteiger charge is -2.06. The highest BCUT2D eigenvalue weighted by molar-refractivity contribution is 7.71. The summed E-state index contributed by atoms with van der Waals surface area (Å²) in [5, 5.41) is 21.0. The van der Waals surface area contributed by atoms with Crippen LogP contribution in [0.3, 0.4) is 0 Å². The fourth-order valence-electron chi connectivity index (χ4n) is 1.78. The number of phenolic OH excluding ortho intramolecular Hbond substituents is 1. The van der Waals surface area contributed by atoms with Gasteiger partial charge in [-0.2, -0.15) is 14.9 Å². The van der Waals surface area contributed by atoms with E-state index in [-0.39, 0.29) is 16.5 Å². The molecule has 0 aliphatic heterocycles. The van der Waals surface area contributed by atoms with Gasteiger partial charge in [-0.05, 0) is 36.3 Å². The number of hydrogen-bond donors (Lipinski definition) is 2. The van der Waals surface area contributed by atoms with E-state index in [4.69, 9.17) is 28.6 Å². The lowest BCUT2D eigenvalue weighted by atomic mass is 10.2. The molecule has 1 aromatic carbocycles. The van der Waals surface area contributed by atoms with Crippen molar-refractivity contribution in [3.63, 3.8) is 0 Å². The number of aryl methyl sites for hydroxylation is 1. The number of halogens is 1. The monoisotopic (exact) mass is 326 g/mol. The topological polar surface area (TPSA) is 75.4 Å². The van der Waals surface area contributed by atoms with Gasteiger partial charge < -0.3 is 9.84 Å². The summed E-state index contributed by atoms with van der Waals surface area (Å²) in [6.45, 7) is 2.05. The van der Waals surface area contributed by atoms with Crippen molar-refractivity contribution in [2.45, 2.75) is 19.8 Å². The fraction of sp³-hybridized carbons (Fsp3) is 0.308. The number of benzene rings is 1. The van der Waals surface area contributed by atoms with Gasteiger partial charge in [0.15, 0.2) is 17.3 Å². The Kier molecular flexibility index (Phi) is 4.98. The summed E-state index contributed by atoms with van der Waals surface area (Å²) in [4.78, 5) is 0. The summed E-state index contributed by atoms with van der Waals surface area (Å²) in [6.07, 6.45) is 3.29. The van der Waals surface area contributed by atoms with Crippen LogP contribution in [0.25, 0.3) is 0 Å². The standard InChI is InChI=1S/C13H15ClN4O2S/c1-3-4-11-16-17-13(21)18(11)15-7-8-5-9(14)12(19)10(6-8)20-2/h5-7,19H,3-4H2,1-2H3,(H,17,21)/b15-7-. The highest BCUT2D eigenvalue weighted by Gasteiger charge is 2.08. The van der Waals surface area contributed by atoms with Crippen molar-refractivity contribution in [1.82, 2.24) is 14.9 Å². The highest BCUT2D eigenvalue weighted by Crippen LogP contribution is 2.34. The van der Waals surface area contributed by atoms with Crippen molar-refractivity contribution in [1.29, 1.82) is 0 Å². The van der Waals surface area contributed by atoms with Crippen LogP contribution >= 0.6 is 23.8 Å². The van der Waals surface area contributed by atoms with Crippen LogP contribution in [0.5, 0.6) is 11.5 Å². The Hall–Kier alpha value is -1.86. The second kappa shape index (κ2) is 6.73. The number of methoxy groups -OCH3 is 1. The average molecular weight is 327 g/mol. The van der Waals surface area contributed by atoms with Crippen LogP contribution in [0, 0.1) is 4.77 Å². The second-order valence-electron chi connectivity index (χ2n) is 4.30. The van der Waals surface area contributed by atoms with E-state index in [0.717, 1.165) is 18.7 Å². The van der Waals surface area contributed by atoms with Crippen LogP contribution in [0.15, 0.2) is 17.2 Å². The minimum atomic E-state index is -0.0945. The Balaban J connectivity index is 2.36. The van der Waals surface area contributed by atoms with E-state index in [1.54, 1.807) is 23.0 Å². The molecule has 112 valence electrons. The zero-order valence-corrected chi connectivity index (χ0v) is 13.2. The van der Waals surface area contributed by atoms with Gasteiger partial charge in [0, 0.05) is 6.42 Å². The Labute approximate surface area is 132 Å². The number of nitrogens with one attached hydrogen (secondary N) is 1. The highest BCUT2D eigenvalue weighted by atomic mass is 35.5. The van der Waals surface area contributed by atoms with Gasteiger partial charge >= 0.3 is 0 Å². The van der Waals surface area contributed by atoms with E-state index in [0.29, 0.717) is 10.3 Å². The van der Waals surface area contributed by atoms with Crippen LogP contribution in [0.1, 0.15) is 24.7 Å². The molecule has 1 aromatic heterocycles. The molecular formula is C13H15ClN4O2S. The fourth-order valence-corrected chi connectivity index (χ4v) is 2.19. The predicted octanol–water partition coefficient (Wildman–Crippen LogP) is 3.14. The largest absolute Gasteiger partial charge is 0.503 e. The van der Waals surface area contributed by atoms with Crippen molar-refractivity contribution in [3.8, 4) is 11.5 Å². The van der Waals surface area contributed by atoms with E-state index in [2.05, 4.69) is 22.2 Å². The van der Waals surface area contributed by atoms with Crippen molar-refractivity contribution in [2.24, 2.45) is 5.10 Å². The maximum Gasteiger partial charge on any atom is 0.216 e. The maximum atomic E-state index is 9.69. The average Bonchev–Trinajstić information content (AvgIpc) is 2.81. The van der Waals surface area contributed by atoms with Gasteiger partial charge in [0.05, 0.1) is 18.3 Å². The lowest BCUT2D eigenvalue weighted by Crippen LogP contribution is -1.99. The molecule has 0 amide bonds. The first-order chi connectivity index (χ1) is 10.1.